The molecule has 7 heteroatoms. The molecule has 0 saturated heterocycles. The fourth-order valence-electron chi connectivity index (χ4n) is 2.11. The Morgan fingerprint density at radius 2 is 1.52 bits per heavy atom. The number of nitrogens with two attached hydrogens (primary N) is 1. The SMILES string of the molecule is Cc1cc(C)nc(NS(=O)(=O)c2c(C)ccc(C)c2N)n1. The number of sulfonamides is 1. The molecule has 1 heterocycles. The maximum absolute atomic E-state index is 12.5. The molecule has 1 aromatic heterocycles. The zero-order chi connectivity index (χ0) is 15.8. The van der Waals surface area contributed by atoms with E-state index in [9.17, 15) is 8.42 Å². The van der Waals surface area contributed by atoms with E-state index < -0.39 is 10.0 Å². The van der Waals surface area contributed by atoms with Gasteiger partial charge in [-0.3, -0.25) is 0 Å². The molecule has 21 heavy (non-hydrogen) atoms. The van der Waals surface area contributed by atoms with Gasteiger partial charge in [0.05, 0.1) is 5.69 Å². The van der Waals surface area contributed by atoms with Crippen LogP contribution in [0.3, 0.4) is 0 Å². The Balaban J connectivity index is 2.51. The van der Waals surface area contributed by atoms with E-state index in [1.54, 1.807) is 45.9 Å². The predicted molar refractivity (Wildman–Crippen MR) is 82.6 cm³/mol. The van der Waals surface area contributed by atoms with Crippen molar-refractivity contribution in [3.8, 4) is 0 Å². The average Bonchev–Trinajstić information content (AvgIpc) is 2.32. The van der Waals surface area contributed by atoms with Crippen LogP contribution in [0.15, 0.2) is 23.1 Å². The topological polar surface area (TPSA) is 98.0 Å². The average molecular weight is 306 g/mol. The number of hydrogen-bond acceptors (Lipinski definition) is 5. The number of aromatic nitrogens is 2. The van der Waals surface area contributed by atoms with Crippen molar-refractivity contribution in [3.63, 3.8) is 0 Å². The van der Waals surface area contributed by atoms with Gasteiger partial charge in [0.15, 0.2) is 0 Å². The lowest BCUT2D eigenvalue weighted by atomic mass is 10.1. The van der Waals surface area contributed by atoms with Crippen molar-refractivity contribution in [1.82, 2.24) is 9.97 Å². The van der Waals surface area contributed by atoms with Gasteiger partial charge in [0.25, 0.3) is 10.0 Å². The highest BCUT2D eigenvalue weighted by Crippen LogP contribution is 2.27. The molecule has 0 saturated carbocycles. The van der Waals surface area contributed by atoms with Crippen LogP contribution in [0.2, 0.25) is 0 Å². The summed E-state index contributed by atoms with van der Waals surface area (Å²) in [6, 6.07) is 5.28. The largest absolute Gasteiger partial charge is 0.397 e. The van der Waals surface area contributed by atoms with E-state index in [4.69, 9.17) is 5.73 Å². The highest BCUT2D eigenvalue weighted by atomic mass is 32.2. The highest BCUT2D eigenvalue weighted by Gasteiger charge is 2.22. The van der Waals surface area contributed by atoms with Crippen molar-refractivity contribution in [1.29, 1.82) is 0 Å². The van der Waals surface area contributed by atoms with Crippen molar-refractivity contribution < 1.29 is 8.42 Å². The summed E-state index contributed by atoms with van der Waals surface area (Å²) in [7, 11) is -3.83. The number of rotatable bonds is 3. The molecule has 2 rings (SSSR count). The van der Waals surface area contributed by atoms with Crippen LogP contribution in [-0.4, -0.2) is 18.4 Å². The van der Waals surface area contributed by atoms with Gasteiger partial charge in [-0.15, -0.1) is 0 Å². The van der Waals surface area contributed by atoms with Crippen LogP contribution in [0.1, 0.15) is 22.5 Å². The van der Waals surface area contributed by atoms with E-state index in [1.807, 2.05) is 0 Å². The molecule has 0 aliphatic carbocycles. The number of hydrogen-bond donors (Lipinski definition) is 2. The van der Waals surface area contributed by atoms with Crippen molar-refractivity contribution in [2.75, 3.05) is 10.5 Å². The second kappa shape index (κ2) is 5.33. The molecule has 0 aliphatic rings. The molecular formula is C14H18N4O2S. The molecular weight excluding hydrogens is 288 g/mol. The van der Waals surface area contributed by atoms with Crippen LogP contribution in [0, 0.1) is 27.7 Å². The Hall–Kier alpha value is -2.15. The Morgan fingerprint density at radius 3 is 2.10 bits per heavy atom. The second-order valence-corrected chi connectivity index (χ2v) is 6.64. The van der Waals surface area contributed by atoms with Crippen LogP contribution in [-0.2, 0) is 10.0 Å². The lowest BCUT2D eigenvalue weighted by molar-refractivity contribution is 0.600. The lowest BCUT2D eigenvalue weighted by Crippen LogP contribution is -2.18. The van der Waals surface area contributed by atoms with Crippen LogP contribution >= 0.6 is 0 Å². The van der Waals surface area contributed by atoms with E-state index in [0.29, 0.717) is 22.5 Å². The minimum absolute atomic E-state index is 0.0489. The van der Waals surface area contributed by atoms with E-state index >= 15 is 0 Å². The molecule has 0 atom stereocenters. The summed E-state index contributed by atoms with van der Waals surface area (Å²) in [5.74, 6) is 0.0489. The standard InChI is InChI=1S/C14H18N4O2S/c1-8-5-6-9(2)13(12(8)15)21(19,20)18-14-16-10(3)7-11(4)17-14/h5-7H,15H2,1-4H3,(H,16,17,18). The van der Waals surface area contributed by atoms with Crippen LogP contribution in [0.5, 0.6) is 0 Å². The summed E-state index contributed by atoms with van der Waals surface area (Å²) in [6.45, 7) is 7.02. The third-order valence-electron chi connectivity index (χ3n) is 3.09. The van der Waals surface area contributed by atoms with Gasteiger partial charge in [0, 0.05) is 11.4 Å². The van der Waals surface area contributed by atoms with Gasteiger partial charge in [-0.05, 0) is 44.9 Å². The number of anilines is 2. The number of nitrogen functional groups attached to an aromatic ring is 1. The molecule has 2 aromatic rings. The van der Waals surface area contributed by atoms with Crippen LogP contribution in [0.25, 0.3) is 0 Å². The molecule has 0 spiro atoms. The molecule has 0 fully saturated rings. The van der Waals surface area contributed by atoms with Gasteiger partial charge < -0.3 is 5.73 Å². The summed E-state index contributed by atoms with van der Waals surface area (Å²) in [5, 5.41) is 0. The first-order chi connectivity index (χ1) is 9.70. The summed E-state index contributed by atoms with van der Waals surface area (Å²) in [6.07, 6.45) is 0. The highest BCUT2D eigenvalue weighted by molar-refractivity contribution is 7.93. The fraction of sp³-hybridized carbons (Fsp3) is 0.286. The van der Waals surface area contributed by atoms with E-state index in [0.717, 1.165) is 0 Å². The van der Waals surface area contributed by atoms with Gasteiger partial charge in [0.2, 0.25) is 5.95 Å². The zero-order valence-corrected chi connectivity index (χ0v) is 13.2. The summed E-state index contributed by atoms with van der Waals surface area (Å²) < 4.78 is 27.5. The second-order valence-electron chi connectivity index (χ2n) is 5.02. The zero-order valence-electron chi connectivity index (χ0n) is 12.4. The molecule has 3 N–H and O–H groups in total. The molecule has 0 unspecified atom stereocenters. The molecule has 6 nitrogen and oxygen atoms in total. The molecule has 0 amide bonds. The van der Waals surface area contributed by atoms with Crippen LogP contribution in [0.4, 0.5) is 11.6 Å². The van der Waals surface area contributed by atoms with Crippen molar-refractivity contribution in [2.45, 2.75) is 32.6 Å². The van der Waals surface area contributed by atoms with E-state index in [1.165, 1.54) is 0 Å². The van der Waals surface area contributed by atoms with Gasteiger partial charge in [0.1, 0.15) is 4.90 Å². The molecule has 1 aromatic carbocycles. The fourth-order valence-corrected chi connectivity index (χ4v) is 3.48. The van der Waals surface area contributed by atoms with Crippen molar-refractivity contribution in [2.24, 2.45) is 0 Å². The van der Waals surface area contributed by atoms with Gasteiger partial charge in [-0.2, -0.15) is 0 Å². The Kier molecular flexibility index (Phi) is 3.87. The molecule has 0 radical (unpaired) electrons. The monoisotopic (exact) mass is 306 g/mol. The van der Waals surface area contributed by atoms with E-state index in [2.05, 4.69) is 14.7 Å². The Bertz CT molecular complexity index is 781. The quantitative estimate of drug-likeness (QED) is 0.846. The first-order valence-corrected chi connectivity index (χ1v) is 7.90. The number of nitrogens with zero attached hydrogens (tertiary/aromatic N) is 2. The summed E-state index contributed by atoms with van der Waals surface area (Å²) >= 11 is 0. The van der Waals surface area contributed by atoms with Gasteiger partial charge in [-0.1, -0.05) is 12.1 Å². The van der Waals surface area contributed by atoms with Gasteiger partial charge in [-0.25, -0.2) is 23.1 Å². The predicted octanol–water partition coefficient (Wildman–Crippen LogP) is 2.09. The minimum Gasteiger partial charge on any atom is -0.397 e. The number of nitrogens with one attached hydrogen (secondary N) is 1. The molecule has 0 bridgehead atoms. The Morgan fingerprint density at radius 1 is 1.00 bits per heavy atom. The summed E-state index contributed by atoms with van der Waals surface area (Å²) in [5.41, 5.74) is 8.83. The third-order valence-corrected chi connectivity index (χ3v) is 4.62. The van der Waals surface area contributed by atoms with Gasteiger partial charge >= 0.3 is 0 Å². The number of benzene rings is 1. The van der Waals surface area contributed by atoms with E-state index in [-0.39, 0.29) is 16.5 Å². The Labute approximate surface area is 124 Å². The number of aryl methyl sites for hydroxylation is 4. The smallest absolute Gasteiger partial charge is 0.266 e. The lowest BCUT2D eigenvalue weighted by Gasteiger charge is -2.13. The maximum atomic E-state index is 12.5. The first-order valence-electron chi connectivity index (χ1n) is 6.41. The first kappa shape index (κ1) is 15.2. The molecule has 112 valence electrons. The van der Waals surface area contributed by atoms with Crippen molar-refractivity contribution >= 4 is 21.7 Å². The van der Waals surface area contributed by atoms with Crippen LogP contribution < -0.4 is 10.5 Å². The maximum Gasteiger partial charge on any atom is 0.266 e. The minimum atomic E-state index is -3.83. The summed E-state index contributed by atoms with van der Waals surface area (Å²) in [4.78, 5) is 8.24. The third kappa shape index (κ3) is 3.13. The van der Waals surface area contributed by atoms with Crippen molar-refractivity contribution in [3.05, 3.63) is 40.7 Å². The normalized spacial score (nSPS) is 11.4. The molecule has 0 aliphatic heterocycles.